The molecule has 0 N–H and O–H groups in total. The predicted molar refractivity (Wildman–Crippen MR) is 92.5 cm³/mol. The maximum atomic E-state index is 6.23. The molecule has 20 heavy (non-hydrogen) atoms. The van der Waals surface area contributed by atoms with Gasteiger partial charge in [0.05, 0.1) is 15.0 Å². The first-order chi connectivity index (χ1) is 9.63. The molecule has 0 amide bonds. The van der Waals surface area contributed by atoms with Gasteiger partial charge in [-0.15, -0.1) is 11.8 Å². The normalized spacial score (nSPS) is 14.6. The maximum absolute atomic E-state index is 6.23. The number of rotatable bonds is 4. The summed E-state index contributed by atoms with van der Waals surface area (Å²) in [4.78, 5) is 10.3. The SMILES string of the molecule is Cc1ccc(SCc2nc(Cl)c(I)c(C3CC3)n2)cc1. The van der Waals surface area contributed by atoms with Crippen LogP contribution in [0.1, 0.15) is 35.8 Å². The molecule has 5 heteroatoms. The van der Waals surface area contributed by atoms with Crippen LogP contribution in [0.25, 0.3) is 0 Å². The van der Waals surface area contributed by atoms with E-state index < -0.39 is 0 Å². The Balaban J connectivity index is 1.75. The highest BCUT2D eigenvalue weighted by Gasteiger charge is 2.29. The first-order valence-electron chi connectivity index (χ1n) is 6.55. The Morgan fingerprint density at radius 3 is 2.60 bits per heavy atom. The van der Waals surface area contributed by atoms with E-state index in [2.05, 4.69) is 58.8 Å². The topological polar surface area (TPSA) is 25.8 Å². The van der Waals surface area contributed by atoms with Crippen molar-refractivity contribution in [2.45, 2.75) is 36.3 Å². The largest absolute Gasteiger partial charge is 0.236 e. The fraction of sp³-hybridized carbons (Fsp3) is 0.333. The number of aromatic nitrogens is 2. The fourth-order valence-corrected chi connectivity index (χ4v) is 3.58. The van der Waals surface area contributed by atoms with Gasteiger partial charge in [0.1, 0.15) is 11.0 Å². The van der Waals surface area contributed by atoms with Crippen LogP contribution in [0, 0.1) is 10.5 Å². The van der Waals surface area contributed by atoms with Crippen molar-refractivity contribution in [1.82, 2.24) is 9.97 Å². The van der Waals surface area contributed by atoms with Crippen molar-refractivity contribution >= 4 is 46.0 Å². The Hall–Kier alpha value is -0.330. The minimum absolute atomic E-state index is 0.599. The van der Waals surface area contributed by atoms with Crippen LogP contribution in [0.2, 0.25) is 5.15 Å². The molecule has 1 aromatic carbocycles. The lowest BCUT2D eigenvalue weighted by Crippen LogP contribution is -2.01. The molecule has 0 unspecified atom stereocenters. The average molecular weight is 417 g/mol. The first-order valence-corrected chi connectivity index (χ1v) is 8.99. The minimum Gasteiger partial charge on any atom is -0.236 e. The van der Waals surface area contributed by atoms with Crippen molar-refractivity contribution < 1.29 is 0 Å². The molecule has 1 saturated carbocycles. The van der Waals surface area contributed by atoms with Gasteiger partial charge in [0.2, 0.25) is 0 Å². The third kappa shape index (κ3) is 3.46. The standard InChI is InChI=1S/C15H14ClIN2S/c1-9-2-6-11(7-3-9)20-8-12-18-14(10-4-5-10)13(17)15(16)19-12/h2-3,6-7,10H,4-5,8H2,1H3. The molecule has 0 bridgehead atoms. The van der Waals surface area contributed by atoms with E-state index in [1.165, 1.54) is 23.3 Å². The molecule has 0 radical (unpaired) electrons. The van der Waals surface area contributed by atoms with Crippen LogP contribution in [0.5, 0.6) is 0 Å². The summed E-state index contributed by atoms with van der Waals surface area (Å²) in [7, 11) is 0. The van der Waals surface area contributed by atoms with E-state index in [0.717, 1.165) is 20.8 Å². The lowest BCUT2D eigenvalue weighted by molar-refractivity contribution is 0.918. The van der Waals surface area contributed by atoms with Crippen molar-refractivity contribution in [1.29, 1.82) is 0 Å². The third-order valence-electron chi connectivity index (χ3n) is 3.24. The zero-order valence-electron chi connectivity index (χ0n) is 11.1. The van der Waals surface area contributed by atoms with E-state index in [1.807, 2.05) is 0 Å². The quantitative estimate of drug-likeness (QED) is 0.388. The smallest absolute Gasteiger partial charge is 0.146 e. The number of hydrogen-bond donors (Lipinski definition) is 0. The molecular weight excluding hydrogens is 403 g/mol. The number of aryl methyl sites for hydroxylation is 1. The molecule has 1 aromatic heterocycles. The summed E-state index contributed by atoms with van der Waals surface area (Å²) < 4.78 is 1.02. The third-order valence-corrected chi connectivity index (χ3v) is 5.90. The number of halogens is 2. The molecule has 0 atom stereocenters. The number of hydrogen-bond acceptors (Lipinski definition) is 3. The van der Waals surface area contributed by atoms with E-state index in [0.29, 0.717) is 11.1 Å². The number of thioether (sulfide) groups is 1. The van der Waals surface area contributed by atoms with Crippen LogP contribution in [0.4, 0.5) is 0 Å². The second kappa shape index (κ2) is 6.20. The monoisotopic (exact) mass is 416 g/mol. The van der Waals surface area contributed by atoms with Gasteiger partial charge in [-0.3, -0.25) is 0 Å². The molecule has 2 aromatic rings. The highest BCUT2D eigenvalue weighted by atomic mass is 127. The van der Waals surface area contributed by atoms with Crippen LogP contribution < -0.4 is 0 Å². The summed E-state index contributed by atoms with van der Waals surface area (Å²) >= 11 is 10.2. The Morgan fingerprint density at radius 2 is 1.95 bits per heavy atom. The zero-order valence-corrected chi connectivity index (χ0v) is 14.8. The van der Waals surface area contributed by atoms with Crippen LogP contribution >= 0.6 is 46.0 Å². The van der Waals surface area contributed by atoms with E-state index in [-0.39, 0.29) is 0 Å². The van der Waals surface area contributed by atoms with E-state index in [4.69, 9.17) is 16.6 Å². The maximum Gasteiger partial charge on any atom is 0.146 e. The van der Waals surface area contributed by atoms with E-state index in [9.17, 15) is 0 Å². The van der Waals surface area contributed by atoms with Gasteiger partial charge in [0, 0.05) is 10.8 Å². The second-order valence-electron chi connectivity index (χ2n) is 5.01. The summed E-state index contributed by atoms with van der Waals surface area (Å²) in [6.45, 7) is 2.10. The van der Waals surface area contributed by atoms with Gasteiger partial charge >= 0.3 is 0 Å². The minimum atomic E-state index is 0.599. The summed E-state index contributed by atoms with van der Waals surface area (Å²) in [5.41, 5.74) is 2.42. The van der Waals surface area contributed by atoms with Crippen LogP contribution in [0.15, 0.2) is 29.2 Å². The predicted octanol–water partition coefficient (Wildman–Crippen LogP) is 5.21. The highest BCUT2D eigenvalue weighted by molar-refractivity contribution is 14.1. The van der Waals surface area contributed by atoms with Crippen LogP contribution in [0.3, 0.4) is 0 Å². The number of benzene rings is 1. The fourth-order valence-electron chi connectivity index (χ4n) is 1.96. The Labute approximate surface area is 141 Å². The molecule has 3 rings (SSSR count). The van der Waals surface area contributed by atoms with Crippen molar-refractivity contribution in [2.75, 3.05) is 0 Å². The molecule has 0 aliphatic heterocycles. The zero-order chi connectivity index (χ0) is 14.1. The van der Waals surface area contributed by atoms with Gasteiger partial charge in [-0.1, -0.05) is 29.3 Å². The Kier molecular flexibility index (Phi) is 4.52. The summed E-state index contributed by atoms with van der Waals surface area (Å²) in [6.07, 6.45) is 2.46. The van der Waals surface area contributed by atoms with Gasteiger partial charge in [-0.05, 0) is 54.5 Å². The molecule has 2 nitrogen and oxygen atoms in total. The van der Waals surface area contributed by atoms with Gasteiger partial charge in [-0.2, -0.15) is 0 Å². The molecule has 0 spiro atoms. The first kappa shape index (κ1) is 14.6. The molecule has 1 aliphatic carbocycles. The summed E-state index contributed by atoms with van der Waals surface area (Å²) in [5.74, 6) is 2.20. The van der Waals surface area contributed by atoms with Crippen molar-refractivity contribution in [3.63, 3.8) is 0 Å². The van der Waals surface area contributed by atoms with Gasteiger partial charge < -0.3 is 0 Å². The van der Waals surface area contributed by atoms with Gasteiger partial charge in [0.15, 0.2) is 0 Å². The molecule has 1 aliphatic rings. The average Bonchev–Trinajstić information content (AvgIpc) is 3.26. The molecule has 1 heterocycles. The van der Waals surface area contributed by atoms with Crippen LogP contribution in [-0.4, -0.2) is 9.97 Å². The van der Waals surface area contributed by atoms with E-state index in [1.54, 1.807) is 11.8 Å². The van der Waals surface area contributed by atoms with Crippen molar-refractivity contribution in [3.8, 4) is 0 Å². The number of nitrogens with zero attached hydrogens (tertiary/aromatic N) is 2. The van der Waals surface area contributed by atoms with Crippen molar-refractivity contribution in [2.24, 2.45) is 0 Å². The van der Waals surface area contributed by atoms with Gasteiger partial charge in [0.25, 0.3) is 0 Å². The molecular formula is C15H14ClIN2S. The lowest BCUT2D eigenvalue weighted by atomic mass is 10.2. The van der Waals surface area contributed by atoms with Crippen LogP contribution in [-0.2, 0) is 5.75 Å². The Bertz CT molecular complexity index is 627. The highest BCUT2D eigenvalue weighted by Crippen LogP contribution is 2.42. The van der Waals surface area contributed by atoms with Crippen molar-refractivity contribution in [3.05, 3.63) is 50.1 Å². The lowest BCUT2D eigenvalue weighted by Gasteiger charge is -2.07. The van der Waals surface area contributed by atoms with E-state index >= 15 is 0 Å². The second-order valence-corrected chi connectivity index (χ2v) is 7.49. The molecule has 0 saturated heterocycles. The molecule has 104 valence electrons. The van der Waals surface area contributed by atoms with Gasteiger partial charge in [-0.25, -0.2) is 9.97 Å². The summed E-state index contributed by atoms with van der Waals surface area (Å²) in [6, 6.07) is 8.52. The summed E-state index contributed by atoms with van der Waals surface area (Å²) in [5, 5.41) is 0.599. The molecule has 1 fully saturated rings. The Morgan fingerprint density at radius 1 is 1.25 bits per heavy atom.